The molecule has 6 nitrogen and oxygen atoms in total. The highest BCUT2D eigenvalue weighted by Gasteiger charge is 2.42. The summed E-state index contributed by atoms with van der Waals surface area (Å²) < 4.78 is 38.2. The lowest BCUT2D eigenvalue weighted by Gasteiger charge is -2.29. The van der Waals surface area contributed by atoms with Gasteiger partial charge in [0.2, 0.25) is 5.91 Å². The van der Waals surface area contributed by atoms with E-state index in [0.29, 0.717) is 5.96 Å². The summed E-state index contributed by atoms with van der Waals surface area (Å²) in [6.07, 6.45) is -3.00. The van der Waals surface area contributed by atoms with Crippen LogP contribution in [0.4, 0.5) is 13.2 Å². The Morgan fingerprint density at radius 3 is 2.28 bits per heavy atom. The largest absolute Gasteiger partial charge is 0.391 e. The number of amides is 1. The fourth-order valence-electron chi connectivity index (χ4n) is 3.21. The lowest BCUT2D eigenvalue weighted by atomic mass is 9.81. The minimum absolute atomic E-state index is 0.0112. The summed E-state index contributed by atoms with van der Waals surface area (Å²) in [6, 6.07) is 0.356. The third-order valence-electron chi connectivity index (χ3n) is 4.59. The summed E-state index contributed by atoms with van der Waals surface area (Å²) in [4.78, 5) is 16.9. The molecule has 9 heteroatoms. The highest BCUT2D eigenvalue weighted by Crippen LogP contribution is 2.39. The van der Waals surface area contributed by atoms with E-state index in [1.54, 1.807) is 0 Å². The summed E-state index contributed by atoms with van der Waals surface area (Å²) >= 11 is 0. The van der Waals surface area contributed by atoms with E-state index in [1.165, 1.54) is 0 Å². The number of halogens is 3. The molecule has 2 rings (SSSR count). The third-order valence-corrected chi connectivity index (χ3v) is 4.59. The van der Waals surface area contributed by atoms with Crippen molar-refractivity contribution in [1.29, 1.82) is 0 Å². The number of aliphatic imine (C=N–C) groups is 1. The first-order valence-corrected chi connectivity index (χ1v) is 8.88. The highest BCUT2D eigenvalue weighted by atomic mass is 19.4. The van der Waals surface area contributed by atoms with Gasteiger partial charge in [-0.25, -0.2) is 10.4 Å². The number of hydrogen-bond donors (Lipinski definition) is 4. The molecule has 2 unspecified atom stereocenters. The van der Waals surface area contributed by atoms with Crippen LogP contribution in [0.2, 0.25) is 0 Å². The molecule has 1 heterocycles. The second-order valence-electron chi connectivity index (χ2n) is 7.30. The van der Waals surface area contributed by atoms with Crippen LogP contribution in [0.25, 0.3) is 0 Å². The number of nitrogens with zero attached hydrogens (tertiary/aromatic N) is 1. The van der Waals surface area contributed by atoms with Gasteiger partial charge in [0.15, 0.2) is 5.96 Å². The van der Waals surface area contributed by atoms with E-state index < -0.39 is 18.0 Å². The molecule has 1 aliphatic carbocycles. The molecule has 0 aromatic rings. The maximum atomic E-state index is 12.7. The average Bonchev–Trinajstić information content (AvgIpc) is 2.90. The number of carbonyl (C=O) groups excluding carboxylic acids is 1. The van der Waals surface area contributed by atoms with E-state index in [2.05, 4.69) is 26.5 Å². The zero-order valence-corrected chi connectivity index (χ0v) is 14.9. The molecule has 0 aromatic carbocycles. The topological polar surface area (TPSA) is 77.6 Å². The van der Waals surface area contributed by atoms with Gasteiger partial charge in [-0.15, -0.1) is 0 Å². The number of nitrogens with one attached hydrogen (secondary N) is 4. The van der Waals surface area contributed by atoms with Gasteiger partial charge >= 0.3 is 6.18 Å². The lowest BCUT2D eigenvalue weighted by Crippen LogP contribution is -2.48. The number of carbonyl (C=O) groups is 1. The highest BCUT2D eigenvalue weighted by molar-refractivity contribution is 5.98. The Kier molecular flexibility index (Phi) is 6.67. The number of rotatable bonds is 3. The number of guanidine groups is 1. The predicted octanol–water partition coefficient (Wildman–Crippen LogP) is 2.04. The zero-order chi connectivity index (χ0) is 18.6. The van der Waals surface area contributed by atoms with E-state index in [-0.39, 0.29) is 49.8 Å². The summed E-state index contributed by atoms with van der Waals surface area (Å²) in [5, 5.41) is 5.86. The fraction of sp³-hybridized carbons (Fsp3) is 0.875. The molecule has 2 fully saturated rings. The molecule has 1 saturated heterocycles. The number of hydrogen-bond acceptors (Lipinski definition) is 4. The van der Waals surface area contributed by atoms with Crippen molar-refractivity contribution < 1.29 is 18.0 Å². The fourth-order valence-corrected chi connectivity index (χ4v) is 3.21. The molecule has 4 N–H and O–H groups in total. The van der Waals surface area contributed by atoms with E-state index in [9.17, 15) is 18.0 Å². The Bertz CT molecular complexity index is 487. The second-order valence-corrected chi connectivity index (χ2v) is 7.30. The molecule has 0 bridgehead atoms. The van der Waals surface area contributed by atoms with Crippen molar-refractivity contribution in [3.63, 3.8) is 0 Å². The third kappa shape index (κ3) is 6.14. The van der Waals surface area contributed by atoms with Crippen LogP contribution in [0, 0.1) is 11.8 Å². The van der Waals surface area contributed by atoms with Crippen molar-refractivity contribution >= 4 is 11.9 Å². The molecule has 2 atom stereocenters. The molecule has 1 amide bonds. The zero-order valence-electron chi connectivity index (χ0n) is 14.9. The van der Waals surface area contributed by atoms with Crippen LogP contribution in [-0.4, -0.2) is 36.3 Å². The van der Waals surface area contributed by atoms with Crippen molar-refractivity contribution in [2.45, 2.75) is 77.3 Å². The van der Waals surface area contributed by atoms with Gasteiger partial charge in [0, 0.05) is 24.4 Å². The van der Waals surface area contributed by atoms with Crippen LogP contribution in [0.5, 0.6) is 0 Å². The molecule has 0 aromatic heterocycles. The Morgan fingerprint density at radius 1 is 1.16 bits per heavy atom. The van der Waals surface area contributed by atoms with Crippen molar-refractivity contribution in [3.8, 4) is 0 Å². The number of alkyl halides is 3. The molecule has 2 aliphatic rings. The normalized spacial score (nSPS) is 31.2. The Balaban J connectivity index is 1.92. The molecule has 25 heavy (non-hydrogen) atoms. The monoisotopic (exact) mass is 363 g/mol. The van der Waals surface area contributed by atoms with Gasteiger partial charge < -0.3 is 5.32 Å². The van der Waals surface area contributed by atoms with Crippen LogP contribution in [0.1, 0.15) is 52.9 Å². The molecule has 0 radical (unpaired) electrons. The molecular formula is C16H28F3N5O. The quantitative estimate of drug-likeness (QED) is 0.457. The van der Waals surface area contributed by atoms with E-state index in [0.717, 1.165) is 6.42 Å². The first-order chi connectivity index (χ1) is 11.6. The summed E-state index contributed by atoms with van der Waals surface area (Å²) in [6.45, 7) is 5.88. The second kappa shape index (κ2) is 8.35. The minimum Gasteiger partial charge on any atom is -0.354 e. The predicted molar refractivity (Wildman–Crippen MR) is 89.5 cm³/mol. The minimum atomic E-state index is -4.16. The Labute approximate surface area is 146 Å². The molecule has 144 valence electrons. The standard InChI is InChI=1S/C16H28F3N5O/c1-9(2)20-15(21-13-8-10(3)23-24-13)22-14(25)11-4-6-12(7-5-11)16(17,18)19/h9-13,23-24H,4-8H2,1-3H3,(H2,20,21,22,25). The molecule has 1 saturated carbocycles. The average molecular weight is 363 g/mol. The molecule has 0 spiro atoms. The van der Waals surface area contributed by atoms with Crippen LogP contribution < -0.4 is 21.5 Å². The van der Waals surface area contributed by atoms with Gasteiger partial charge in [0.1, 0.15) is 6.17 Å². The number of hydrazine groups is 1. The van der Waals surface area contributed by atoms with E-state index in [1.807, 2.05) is 20.8 Å². The smallest absolute Gasteiger partial charge is 0.354 e. The lowest BCUT2D eigenvalue weighted by molar-refractivity contribution is -0.184. The van der Waals surface area contributed by atoms with Gasteiger partial charge in [-0.1, -0.05) is 0 Å². The maximum Gasteiger partial charge on any atom is 0.391 e. The molecule has 1 aliphatic heterocycles. The van der Waals surface area contributed by atoms with Crippen molar-refractivity contribution in [2.24, 2.45) is 16.8 Å². The van der Waals surface area contributed by atoms with Gasteiger partial charge in [-0.2, -0.15) is 13.2 Å². The van der Waals surface area contributed by atoms with Gasteiger partial charge in [0.25, 0.3) is 0 Å². The summed E-state index contributed by atoms with van der Waals surface area (Å²) in [5.41, 5.74) is 6.09. The first-order valence-electron chi connectivity index (χ1n) is 8.88. The molecular weight excluding hydrogens is 335 g/mol. The van der Waals surface area contributed by atoms with Crippen LogP contribution >= 0.6 is 0 Å². The van der Waals surface area contributed by atoms with E-state index >= 15 is 0 Å². The summed E-state index contributed by atoms with van der Waals surface area (Å²) in [5.74, 6) is -1.57. The van der Waals surface area contributed by atoms with E-state index in [4.69, 9.17) is 0 Å². The Hall–Kier alpha value is -1.35. The SMILES string of the molecule is CC(C)N/C(=N\C1CC(C)NN1)NC(=O)C1CCC(C(F)(F)F)CC1. The van der Waals surface area contributed by atoms with Crippen LogP contribution in [0.15, 0.2) is 4.99 Å². The van der Waals surface area contributed by atoms with Crippen molar-refractivity contribution in [2.75, 3.05) is 0 Å². The van der Waals surface area contributed by atoms with Gasteiger partial charge in [0.05, 0.1) is 5.92 Å². The van der Waals surface area contributed by atoms with Crippen LogP contribution in [-0.2, 0) is 4.79 Å². The van der Waals surface area contributed by atoms with Crippen molar-refractivity contribution in [3.05, 3.63) is 0 Å². The first kappa shape index (κ1) is 20.0. The Morgan fingerprint density at radius 2 is 1.80 bits per heavy atom. The van der Waals surface area contributed by atoms with Gasteiger partial charge in [-0.05, 0) is 46.5 Å². The van der Waals surface area contributed by atoms with Crippen molar-refractivity contribution in [1.82, 2.24) is 21.5 Å². The van der Waals surface area contributed by atoms with Crippen LogP contribution in [0.3, 0.4) is 0 Å². The van der Waals surface area contributed by atoms with Gasteiger partial charge in [-0.3, -0.25) is 15.5 Å². The summed E-state index contributed by atoms with van der Waals surface area (Å²) in [7, 11) is 0. The maximum absolute atomic E-state index is 12.7.